The molecule has 4 rings (SSSR count). The van der Waals surface area contributed by atoms with Crippen molar-refractivity contribution >= 4 is 5.91 Å². The fourth-order valence-corrected chi connectivity index (χ4v) is 3.58. The van der Waals surface area contributed by atoms with Crippen molar-refractivity contribution in [2.75, 3.05) is 26.2 Å². The predicted octanol–water partition coefficient (Wildman–Crippen LogP) is 3.62. The highest BCUT2D eigenvalue weighted by atomic mass is 16.5. The van der Waals surface area contributed by atoms with E-state index >= 15 is 0 Å². The lowest BCUT2D eigenvalue weighted by Gasteiger charge is -2.34. The van der Waals surface area contributed by atoms with E-state index in [9.17, 15) is 4.79 Å². The van der Waals surface area contributed by atoms with Gasteiger partial charge in [-0.15, -0.1) is 0 Å². The molecule has 0 aliphatic carbocycles. The summed E-state index contributed by atoms with van der Waals surface area (Å²) in [5.74, 6) is 1.34. The minimum atomic E-state index is 0.116. The molecule has 2 heterocycles. The summed E-state index contributed by atoms with van der Waals surface area (Å²) in [7, 11) is 0. The van der Waals surface area contributed by atoms with Crippen molar-refractivity contribution in [1.82, 2.24) is 19.9 Å². The Hall–Kier alpha value is -2.99. The van der Waals surface area contributed by atoms with Crippen LogP contribution in [0, 0.1) is 20.8 Å². The molecule has 2 aromatic carbocycles. The Labute approximate surface area is 171 Å². The summed E-state index contributed by atoms with van der Waals surface area (Å²) in [6, 6.07) is 14.1. The number of hydrogen-bond donors (Lipinski definition) is 0. The molecule has 0 radical (unpaired) electrons. The smallest absolute Gasteiger partial charge is 0.254 e. The fraction of sp³-hybridized carbons (Fsp3) is 0.348. The van der Waals surface area contributed by atoms with Crippen molar-refractivity contribution in [1.29, 1.82) is 0 Å². The Morgan fingerprint density at radius 1 is 0.966 bits per heavy atom. The highest BCUT2D eigenvalue weighted by molar-refractivity contribution is 5.95. The third kappa shape index (κ3) is 4.38. The second kappa shape index (κ2) is 8.17. The molecular formula is C23H26N4O2. The van der Waals surface area contributed by atoms with Gasteiger partial charge in [0.05, 0.1) is 6.54 Å². The fourth-order valence-electron chi connectivity index (χ4n) is 3.58. The van der Waals surface area contributed by atoms with Crippen LogP contribution in [0.25, 0.3) is 11.4 Å². The molecule has 1 fully saturated rings. The van der Waals surface area contributed by atoms with E-state index in [2.05, 4.69) is 22.0 Å². The number of piperazine rings is 1. The van der Waals surface area contributed by atoms with E-state index < -0.39 is 0 Å². The van der Waals surface area contributed by atoms with E-state index in [4.69, 9.17) is 4.52 Å². The lowest BCUT2D eigenvalue weighted by atomic mass is 10.0. The number of carbonyl (C=O) groups excluding carboxylic acids is 1. The van der Waals surface area contributed by atoms with Crippen LogP contribution in [0.1, 0.15) is 32.9 Å². The van der Waals surface area contributed by atoms with Gasteiger partial charge in [0.15, 0.2) is 0 Å². The standard InChI is InChI=1S/C23H26N4O2/c1-16-5-8-19(9-6-16)22-24-21(29-25-22)15-26-10-12-27(13-11-26)23(28)20-14-17(2)4-7-18(20)3/h4-9,14H,10-13,15H2,1-3H3. The Morgan fingerprint density at radius 3 is 2.38 bits per heavy atom. The first kappa shape index (κ1) is 19.3. The maximum absolute atomic E-state index is 12.9. The van der Waals surface area contributed by atoms with Gasteiger partial charge in [-0.05, 0) is 32.4 Å². The first-order valence-electron chi connectivity index (χ1n) is 9.98. The molecule has 1 aromatic heterocycles. The van der Waals surface area contributed by atoms with Gasteiger partial charge in [0.25, 0.3) is 5.91 Å². The summed E-state index contributed by atoms with van der Waals surface area (Å²) in [4.78, 5) is 21.6. The lowest BCUT2D eigenvalue weighted by Crippen LogP contribution is -2.48. The van der Waals surface area contributed by atoms with E-state index in [0.717, 1.165) is 35.3 Å². The number of carbonyl (C=O) groups is 1. The van der Waals surface area contributed by atoms with Crippen LogP contribution in [-0.4, -0.2) is 52.0 Å². The zero-order valence-electron chi connectivity index (χ0n) is 17.2. The zero-order valence-corrected chi connectivity index (χ0v) is 17.2. The van der Waals surface area contributed by atoms with E-state index in [1.165, 1.54) is 5.56 Å². The molecule has 0 unspecified atom stereocenters. The Bertz CT molecular complexity index is 1000. The SMILES string of the molecule is Cc1ccc(-c2noc(CN3CCN(C(=O)c4cc(C)ccc4C)CC3)n2)cc1. The molecule has 1 amide bonds. The molecule has 6 nitrogen and oxygen atoms in total. The van der Waals surface area contributed by atoms with Gasteiger partial charge < -0.3 is 9.42 Å². The van der Waals surface area contributed by atoms with Gasteiger partial charge in [-0.3, -0.25) is 9.69 Å². The topological polar surface area (TPSA) is 62.5 Å². The van der Waals surface area contributed by atoms with Crippen LogP contribution in [0.5, 0.6) is 0 Å². The zero-order chi connectivity index (χ0) is 20.4. The van der Waals surface area contributed by atoms with E-state index in [-0.39, 0.29) is 5.91 Å². The van der Waals surface area contributed by atoms with Crippen molar-refractivity contribution in [3.8, 4) is 11.4 Å². The lowest BCUT2D eigenvalue weighted by molar-refractivity contribution is 0.0614. The number of aryl methyl sites for hydroxylation is 3. The van der Waals surface area contributed by atoms with Gasteiger partial charge >= 0.3 is 0 Å². The van der Waals surface area contributed by atoms with E-state index in [1.54, 1.807) is 0 Å². The molecule has 150 valence electrons. The summed E-state index contributed by atoms with van der Waals surface area (Å²) < 4.78 is 5.44. The van der Waals surface area contributed by atoms with Crippen LogP contribution in [0.2, 0.25) is 0 Å². The minimum Gasteiger partial charge on any atom is -0.338 e. The summed E-state index contributed by atoms with van der Waals surface area (Å²) in [6.45, 7) is 9.64. The highest BCUT2D eigenvalue weighted by Crippen LogP contribution is 2.18. The van der Waals surface area contributed by atoms with Gasteiger partial charge in [-0.2, -0.15) is 4.98 Å². The monoisotopic (exact) mass is 390 g/mol. The molecule has 0 saturated carbocycles. The molecule has 6 heteroatoms. The van der Waals surface area contributed by atoms with Crippen LogP contribution < -0.4 is 0 Å². The third-order valence-corrected chi connectivity index (χ3v) is 5.42. The van der Waals surface area contributed by atoms with E-state index in [1.807, 2.05) is 61.2 Å². The summed E-state index contributed by atoms with van der Waals surface area (Å²) in [5, 5.41) is 4.11. The largest absolute Gasteiger partial charge is 0.338 e. The number of nitrogens with zero attached hydrogens (tertiary/aromatic N) is 4. The Kier molecular flexibility index (Phi) is 5.45. The maximum atomic E-state index is 12.9. The van der Waals surface area contributed by atoms with Crippen molar-refractivity contribution in [2.45, 2.75) is 27.3 Å². The number of rotatable bonds is 4. The Morgan fingerprint density at radius 2 is 1.66 bits per heavy atom. The number of hydrogen-bond acceptors (Lipinski definition) is 5. The summed E-state index contributed by atoms with van der Waals surface area (Å²) in [6.07, 6.45) is 0. The molecule has 29 heavy (non-hydrogen) atoms. The number of aromatic nitrogens is 2. The molecule has 1 saturated heterocycles. The van der Waals surface area contributed by atoms with Gasteiger partial charge in [0.1, 0.15) is 0 Å². The maximum Gasteiger partial charge on any atom is 0.254 e. The molecule has 0 spiro atoms. The molecule has 0 atom stereocenters. The van der Waals surface area contributed by atoms with Crippen LogP contribution in [0.4, 0.5) is 0 Å². The highest BCUT2D eigenvalue weighted by Gasteiger charge is 2.24. The summed E-state index contributed by atoms with van der Waals surface area (Å²) >= 11 is 0. The van der Waals surface area contributed by atoms with Crippen LogP contribution in [0.3, 0.4) is 0 Å². The molecule has 0 bridgehead atoms. The van der Waals surface area contributed by atoms with Crippen LogP contribution in [-0.2, 0) is 6.54 Å². The molecule has 0 N–H and O–H groups in total. The van der Waals surface area contributed by atoms with Crippen LogP contribution >= 0.6 is 0 Å². The first-order chi connectivity index (χ1) is 14.0. The van der Waals surface area contributed by atoms with Crippen molar-refractivity contribution in [2.24, 2.45) is 0 Å². The second-order valence-electron chi connectivity index (χ2n) is 7.76. The predicted molar refractivity (Wildman–Crippen MR) is 112 cm³/mol. The van der Waals surface area contributed by atoms with Gasteiger partial charge in [0, 0.05) is 37.3 Å². The second-order valence-corrected chi connectivity index (χ2v) is 7.76. The molecule has 1 aliphatic heterocycles. The van der Waals surface area contributed by atoms with Crippen molar-refractivity contribution < 1.29 is 9.32 Å². The van der Waals surface area contributed by atoms with Gasteiger partial charge in [-0.1, -0.05) is 52.7 Å². The number of benzene rings is 2. The van der Waals surface area contributed by atoms with Crippen molar-refractivity contribution in [3.05, 3.63) is 70.6 Å². The average Bonchev–Trinajstić information content (AvgIpc) is 3.19. The average molecular weight is 390 g/mol. The molecule has 3 aromatic rings. The normalized spacial score (nSPS) is 14.9. The van der Waals surface area contributed by atoms with Crippen molar-refractivity contribution in [3.63, 3.8) is 0 Å². The summed E-state index contributed by atoms with van der Waals surface area (Å²) in [5.41, 5.74) is 5.09. The first-order valence-corrected chi connectivity index (χ1v) is 9.98. The van der Waals surface area contributed by atoms with E-state index in [0.29, 0.717) is 31.3 Å². The molecular weight excluding hydrogens is 364 g/mol. The third-order valence-electron chi connectivity index (χ3n) is 5.42. The molecule has 1 aliphatic rings. The quantitative estimate of drug-likeness (QED) is 0.681. The van der Waals surface area contributed by atoms with Gasteiger partial charge in [-0.25, -0.2) is 0 Å². The van der Waals surface area contributed by atoms with Gasteiger partial charge in [0.2, 0.25) is 11.7 Å². The Balaban J connectivity index is 1.35. The number of amides is 1. The van der Waals surface area contributed by atoms with Crippen LogP contribution in [0.15, 0.2) is 47.0 Å². The minimum absolute atomic E-state index is 0.116.